The minimum Gasteiger partial charge on any atom is -0.364 e. The summed E-state index contributed by atoms with van der Waals surface area (Å²) in [5.41, 5.74) is 0.785. The van der Waals surface area contributed by atoms with Gasteiger partial charge in [0.1, 0.15) is 0 Å². The van der Waals surface area contributed by atoms with Crippen molar-refractivity contribution in [2.45, 2.75) is 13.0 Å². The van der Waals surface area contributed by atoms with Crippen molar-refractivity contribution in [3.05, 3.63) is 38.8 Å². The fourth-order valence-electron chi connectivity index (χ4n) is 1.52. The maximum absolute atomic E-state index is 6.03. The first-order chi connectivity index (χ1) is 8.09. The smallest absolute Gasteiger partial charge is 0.175 e. The first-order valence-electron chi connectivity index (χ1n) is 5.04. The molecule has 0 fully saturated rings. The van der Waals surface area contributed by atoms with Crippen molar-refractivity contribution < 1.29 is 0 Å². The molecule has 1 atom stereocenters. The van der Waals surface area contributed by atoms with E-state index in [1.54, 1.807) is 17.4 Å². The lowest BCUT2D eigenvalue weighted by Gasteiger charge is -2.26. The molecule has 0 aromatic carbocycles. The van der Waals surface area contributed by atoms with Gasteiger partial charge in [-0.15, -0.1) is 21.5 Å². The van der Waals surface area contributed by atoms with Crippen LogP contribution in [0.25, 0.3) is 0 Å². The number of nitrogens with zero attached hydrogens (tertiary/aromatic N) is 3. The van der Waals surface area contributed by atoms with Crippen LogP contribution in [0.4, 0.5) is 5.69 Å². The highest BCUT2D eigenvalue weighted by Gasteiger charge is 2.17. The average molecular weight is 288 g/mol. The molecule has 0 radical (unpaired) electrons. The van der Waals surface area contributed by atoms with Crippen molar-refractivity contribution in [2.75, 3.05) is 11.9 Å². The summed E-state index contributed by atoms with van der Waals surface area (Å²) < 4.78 is 0. The summed E-state index contributed by atoms with van der Waals surface area (Å²) in [4.78, 5) is 3.30. The molecule has 0 N–H and O–H groups in total. The van der Waals surface area contributed by atoms with Crippen LogP contribution in [0.2, 0.25) is 10.3 Å². The Morgan fingerprint density at radius 1 is 1.35 bits per heavy atom. The summed E-state index contributed by atoms with van der Waals surface area (Å²) in [5, 5.41) is 10.3. The molecule has 0 spiro atoms. The molecule has 2 rings (SSSR count). The number of anilines is 1. The average Bonchev–Trinajstić information content (AvgIpc) is 2.84. The number of aromatic nitrogens is 2. The van der Waals surface area contributed by atoms with Gasteiger partial charge in [-0.3, -0.25) is 0 Å². The van der Waals surface area contributed by atoms with Gasteiger partial charge in [-0.25, -0.2) is 0 Å². The Morgan fingerprint density at radius 2 is 2.12 bits per heavy atom. The molecule has 2 aromatic rings. The zero-order valence-electron chi connectivity index (χ0n) is 9.39. The van der Waals surface area contributed by atoms with Crippen molar-refractivity contribution in [2.24, 2.45) is 0 Å². The number of hydrogen-bond acceptors (Lipinski definition) is 4. The Kier molecular flexibility index (Phi) is 3.86. The summed E-state index contributed by atoms with van der Waals surface area (Å²) in [5.74, 6) is 0. The Bertz CT molecular complexity index is 501. The molecule has 17 heavy (non-hydrogen) atoms. The molecule has 0 saturated carbocycles. The predicted octanol–water partition coefficient (Wildman–Crippen LogP) is 4.04. The molecule has 2 heterocycles. The van der Waals surface area contributed by atoms with Crippen LogP contribution in [-0.2, 0) is 0 Å². The first kappa shape index (κ1) is 12.6. The van der Waals surface area contributed by atoms with E-state index in [1.165, 1.54) is 4.88 Å². The fraction of sp³-hybridized carbons (Fsp3) is 0.273. The number of hydrogen-bond donors (Lipinski definition) is 0. The van der Waals surface area contributed by atoms with Crippen LogP contribution in [0.1, 0.15) is 17.8 Å². The minimum absolute atomic E-state index is 0.216. The van der Waals surface area contributed by atoms with Gasteiger partial charge in [-0.05, 0) is 18.4 Å². The van der Waals surface area contributed by atoms with Gasteiger partial charge in [0.25, 0.3) is 0 Å². The summed E-state index contributed by atoms with van der Waals surface area (Å²) >= 11 is 13.6. The van der Waals surface area contributed by atoms with E-state index >= 15 is 0 Å². The summed E-state index contributed by atoms with van der Waals surface area (Å²) in [6.45, 7) is 2.11. The Hall–Kier alpha value is -0.840. The van der Waals surface area contributed by atoms with Crippen LogP contribution in [-0.4, -0.2) is 17.2 Å². The zero-order chi connectivity index (χ0) is 12.4. The molecule has 3 nitrogen and oxygen atoms in total. The van der Waals surface area contributed by atoms with Gasteiger partial charge in [0.05, 0.1) is 11.7 Å². The second kappa shape index (κ2) is 5.21. The van der Waals surface area contributed by atoms with Gasteiger partial charge in [0.15, 0.2) is 10.3 Å². The van der Waals surface area contributed by atoms with E-state index in [2.05, 4.69) is 28.6 Å². The second-order valence-corrected chi connectivity index (χ2v) is 5.37. The van der Waals surface area contributed by atoms with Crippen LogP contribution in [0.5, 0.6) is 0 Å². The topological polar surface area (TPSA) is 29.0 Å². The number of thiophene rings is 1. The minimum atomic E-state index is 0.216. The highest BCUT2D eigenvalue weighted by Crippen LogP contribution is 2.32. The van der Waals surface area contributed by atoms with Crippen LogP contribution < -0.4 is 4.90 Å². The van der Waals surface area contributed by atoms with Gasteiger partial charge >= 0.3 is 0 Å². The predicted molar refractivity (Wildman–Crippen MR) is 73.2 cm³/mol. The molecular weight excluding hydrogens is 277 g/mol. The molecular formula is C11H11Cl2N3S. The summed E-state index contributed by atoms with van der Waals surface area (Å²) in [7, 11) is 1.96. The maximum atomic E-state index is 6.03. The summed E-state index contributed by atoms with van der Waals surface area (Å²) in [6.07, 6.45) is 0. The normalized spacial score (nSPS) is 12.5. The maximum Gasteiger partial charge on any atom is 0.175 e. The first-order valence-corrected chi connectivity index (χ1v) is 6.68. The molecule has 0 aliphatic rings. The third kappa shape index (κ3) is 2.70. The lowest BCUT2D eigenvalue weighted by Crippen LogP contribution is -2.21. The molecule has 6 heteroatoms. The molecule has 1 unspecified atom stereocenters. The van der Waals surface area contributed by atoms with Crippen molar-refractivity contribution in [1.29, 1.82) is 0 Å². The Labute approximate surface area is 114 Å². The van der Waals surface area contributed by atoms with Crippen LogP contribution in [0.15, 0.2) is 23.6 Å². The third-order valence-electron chi connectivity index (χ3n) is 2.62. The highest BCUT2D eigenvalue weighted by atomic mass is 35.5. The lowest BCUT2D eigenvalue weighted by molar-refractivity contribution is 0.749. The highest BCUT2D eigenvalue weighted by molar-refractivity contribution is 7.10. The second-order valence-electron chi connectivity index (χ2n) is 3.65. The molecule has 90 valence electrons. The van der Waals surface area contributed by atoms with E-state index in [0.717, 1.165) is 5.69 Å². The Balaban J connectivity index is 2.30. The quantitative estimate of drug-likeness (QED) is 0.853. The van der Waals surface area contributed by atoms with Gasteiger partial charge in [-0.1, -0.05) is 29.3 Å². The van der Waals surface area contributed by atoms with Gasteiger partial charge in [-0.2, -0.15) is 0 Å². The molecule has 0 bridgehead atoms. The molecule has 0 aliphatic carbocycles. The fourth-order valence-corrected chi connectivity index (χ4v) is 2.71. The van der Waals surface area contributed by atoms with Gasteiger partial charge < -0.3 is 4.90 Å². The van der Waals surface area contributed by atoms with Crippen LogP contribution in [0.3, 0.4) is 0 Å². The van der Waals surface area contributed by atoms with Gasteiger partial charge in [0.2, 0.25) is 0 Å². The molecule has 2 aromatic heterocycles. The number of rotatable bonds is 3. The Morgan fingerprint density at radius 3 is 2.76 bits per heavy atom. The van der Waals surface area contributed by atoms with Gasteiger partial charge in [0, 0.05) is 18.0 Å². The van der Waals surface area contributed by atoms with E-state index in [-0.39, 0.29) is 6.04 Å². The van der Waals surface area contributed by atoms with E-state index < -0.39 is 0 Å². The van der Waals surface area contributed by atoms with Crippen molar-refractivity contribution in [3.8, 4) is 0 Å². The SMILES string of the molecule is CC(c1cccs1)N(C)c1cc(Cl)nnc1Cl. The van der Waals surface area contributed by atoms with E-state index in [9.17, 15) is 0 Å². The lowest BCUT2D eigenvalue weighted by atomic mass is 10.2. The van der Waals surface area contributed by atoms with Crippen LogP contribution in [0, 0.1) is 0 Å². The summed E-state index contributed by atoms with van der Waals surface area (Å²) in [6, 6.07) is 6.06. The van der Waals surface area contributed by atoms with E-state index in [1.807, 2.05) is 18.0 Å². The molecule has 0 amide bonds. The van der Waals surface area contributed by atoms with Crippen molar-refractivity contribution in [3.63, 3.8) is 0 Å². The third-order valence-corrected chi connectivity index (χ3v) is 4.11. The van der Waals surface area contributed by atoms with Crippen molar-refractivity contribution >= 4 is 40.2 Å². The largest absolute Gasteiger partial charge is 0.364 e. The molecule has 0 saturated heterocycles. The van der Waals surface area contributed by atoms with E-state index in [0.29, 0.717) is 10.3 Å². The zero-order valence-corrected chi connectivity index (χ0v) is 11.7. The van der Waals surface area contributed by atoms with Crippen LogP contribution >= 0.6 is 34.5 Å². The molecule has 0 aliphatic heterocycles. The standard InChI is InChI=1S/C11H11Cl2N3S/c1-7(9-4-3-5-17-9)16(2)8-6-10(12)14-15-11(8)13/h3-7H,1-2H3. The van der Waals surface area contributed by atoms with Crippen molar-refractivity contribution in [1.82, 2.24) is 10.2 Å². The monoisotopic (exact) mass is 287 g/mol. The van der Waals surface area contributed by atoms with E-state index in [4.69, 9.17) is 23.2 Å². The number of halogens is 2.